The monoisotopic (exact) mass is 470 g/mol. The molecule has 7 heteroatoms. The molecule has 1 aliphatic rings. The van der Waals surface area contributed by atoms with Crippen LogP contribution in [-0.4, -0.2) is 18.5 Å². The molecule has 0 bridgehead atoms. The summed E-state index contributed by atoms with van der Waals surface area (Å²) in [4.78, 5) is 0. The first-order chi connectivity index (χ1) is 15.6. The minimum atomic E-state index is -5.70. The summed E-state index contributed by atoms with van der Waals surface area (Å²) in [6, 6.07) is 14.0. The van der Waals surface area contributed by atoms with Crippen LogP contribution in [0, 0.1) is 5.92 Å². The summed E-state index contributed by atoms with van der Waals surface area (Å²) in [5.74, 6) is 0.425. The summed E-state index contributed by atoms with van der Waals surface area (Å²) in [6.45, 7) is 2.17. The van der Waals surface area contributed by atoms with Gasteiger partial charge in [0.2, 0.25) is 0 Å². The van der Waals surface area contributed by atoms with Crippen molar-refractivity contribution in [3.8, 4) is 5.75 Å². The molecule has 0 saturated heterocycles. The zero-order chi connectivity index (χ0) is 24.1. The molecule has 0 aromatic heterocycles. The molecule has 3 rings (SSSR count). The van der Waals surface area contributed by atoms with Crippen LogP contribution < -0.4 is 4.74 Å². The number of ether oxygens (including phenoxy) is 1. The Kier molecular flexibility index (Phi) is 8.14. The van der Waals surface area contributed by atoms with Crippen LogP contribution in [0.1, 0.15) is 61.6 Å². The van der Waals surface area contributed by atoms with Crippen LogP contribution in [0.3, 0.4) is 0 Å². The number of allylic oxidation sites excluding steroid dienone is 1. The van der Waals surface area contributed by atoms with Gasteiger partial charge in [0.05, 0.1) is 0 Å². The van der Waals surface area contributed by atoms with Crippen LogP contribution in [0.4, 0.5) is 26.3 Å². The van der Waals surface area contributed by atoms with Gasteiger partial charge in [-0.2, -0.15) is 22.0 Å². The minimum absolute atomic E-state index is 0.403. The first-order valence-electron chi connectivity index (χ1n) is 11.2. The molecule has 1 atom stereocenters. The van der Waals surface area contributed by atoms with E-state index in [-0.39, 0.29) is 0 Å². The van der Waals surface area contributed by atoms with Crippen molar-refractivity contribution >= 4 is 6.08 Å². The van der Waals surface area contributed by atoms with E-state index in [1.54, 1.807) is 0 Å². The zero-order valence-corrected chi connectivity index (χ0v) is 18.4. The quantitative estimate of drug-likeness (QED) is 0.352. The van der Waals surface area contributed by atoms with Gasteiger partial charge in [-0.1, -0.05) is 61.9 Å². The predicted octanol–water partition coefficient (Wildman–Crippen LogP) is 8.50. The smallest absolute Gasteiger partial charge is 0.430 e. The van der Waals surface area contributed by atoms with E-state index >= 15 is 0 Å². The van der Waals surface area contributed by atoms with Gasteiger partial charge in [-0.05, 0) is 72.8 Å². The first kappa shape index (κ1) is 25.2. The Labute approximate surface area is 190 Å². The van der Waals surface area contributed by atoms with Crippen LogP contribution >= 0.6 is 0 Å². The average molecular weight is 470 g/mol. The Morgan fingerprint density at radius 2 is 1.52 bits per heavy atom. The van der Waals surface area contributed by atoms with E-state index in [0.29, 0.717) is 17.4 Å². The highest BCUT2D eigenvalue weighted by molar-refractivity contribution is 5.51. The van der Waals surface area contributed by atoms with Crippen molar-refractivity contribution in [2.24, 2.45) is 5.92 Å². The number of aryl methyl sites for hydroxylation is 1. The third-order valence-electron chi connectivity index (χ3n) is 6.04. The van der Waals surface area contributed by atoms with Gasteiger partial charge >= 0.3 is 12.3 Å². The van der Waals surface area contributed by atoms with Crippen LogP contribution in [0.5, 0.6) is 5.75 Å². The molecule has 1 fully saturated rings. The lowest BCUT2D eigenvalue weighted by molar-refractivity contribution is -0.304. The lowest BCUT2D eigenvalue weighted by Crippen LogP contribution is -2.45. The second kappa shape index (κ2) is 10.7. The van der Waals surface area contributed by atoms with Crippen molar-refractivity contribution in [3.63, 3.8) is 0 Å². The van der Waals surface area contributed by atoms with E-state index in [2.05, 4.69) is 42.0 Å². The normalized spacial score (nSPS) is 20.7. The van der Waals surface area contributed by atoms with Crippen molar-refractivity contribution in [1.82, 2.24) is 0 Å². The number of hydrogen-bond donors (Lipinski definition) is 0. The van der Waals surface area contributed by atoms with Gasteiger partial charge in [0, 0.05) is 0 Å². The average Bonchev–Trinajstić information content (AvgIpc) is 2.78. The van der Waals surface area contributed by atoms with E-state index in [1.807, 2.05) is 6.08 Å². The molecule has 1 saturated carbocycles. The molecule has 1 nitrogen and oxygen atoms in total. The Bertz CT molecular complexity index is 894. The summed E-state index contributed by atoms with van der Waals surface area (Å²) in [5.41, 5.74) is 3.44. The minimum Gasteiger partial charge on any atom is -0.430 e. The van der Waals surface area contributed by atoms with Crippen LogP contribution in [0.15, 0.2) is 54.6 Å². The van der Waals surface area contributed by atoms with E-state index in [9.17, 15) is 26.3 Å². The number of rotatable bonds is 8. The van der Waals surface area contributed by atoms with Gasteiger partial charge < -0.3 is 4.74 Å². The molecule has 0 N–H and O–H groups in total. The fraction of sp³-hybridized carbons (Fsp3) is 0.462. The van der Waals surface area contributed by atoms with Gasteiger partial charge in [0.25, 0.3) is 6.17 Å². The third-order valence-corrected chi connectivity index (χ3v) is 6.04. The Morgan fingerprint density at radius 3 is 2.06 bits per heavy atom. The largest absolute Gasteiger partial charge is 0.439 e. The molecule has 0 amide bonds. The van der Waals surface area contributed by atoms with Crippen LogP contribution in [0.25, 0.3) is 6.08 Å². The molecule has 1 aliphatic carbocycles. The summed E-state index contributed by atoms with van der Waals surface area (Å²) in [6.07, 6.45) is -4.66. The maximum absolute atomic E-state index is 13.4. The van der Waals surface area contributed by atoms with Gasteiger partial charge in [-0.3, -0.25) is 0 Å². The van der Waals surface area contributed by atoms with Gasteiger partial charge in [0.1, 0.15) is 5.75 Å². The van der Waals surface area contributed by atoms with Crippen molar-refractivity contribution in [3.05, 3.63) is 71.3 Å². The van der Waals surface area contributed by atoms with E-state index in [1.165, 1.54) is 23.3 Å². The van der Waals surface area contributed by atoms with E-state index in [0.717, 1.165) is 50.7 Å². The van der Waals surface area contributed by atoms with Gasteiger partial charge in [-0.25, -0.2) is 4.39 Å². The van der Waals surface area contributed by atoms with Crippen molar-refractivity contribution in [2.75, 3.05) is 0 Å². The second-order valence-corrected chi connectivity index (χ2v) is 8.60. The molecule has 2 aromatic carbocycles. The fourth-order valence-corrected chi connectivity index (χ4v) is 4.18. The Morgan fingerprint density at radius 1 is 0.909 bits per heavy atom. The number of benzene rings is 2. The zero-order valence-electron chi connectivity index (χ0n) is 18.4. The molecule has 0 radical (unpaired) electrons. The van der Waals surface area contributed by atoms with Gasteiger partial charge in [-0.15, -0.1) is 0 Å². The maximum atomic E-state index is 13.4. The highest BCUT2D eigenvalue weighted by Gasteiger charge is 2.59. The molecule has 0 heterocycles. The van der Waals surface area contributed by atoms with Gasteiger partial charge in [0.15, 0.2) is 0 Å². The molecular weight excluding hydrogens is 442 g/mol. The third kappa shape index (κ3) is 7.02. The molecule has 0 spiro atoms. The van der Waals surface area contributed by atoms with Crippen molar-refractivity contribution in [1.29, 1.82) is 0 Å². The Balaban J connectivity index is 1.51. The topological polar surface area (TPSA) is 9.23 Å². The molecule has 180 valence electrons. The first-order valence-corrected chi connectivity index (χ1v) is 11.2. The van der Waals surface area contributed by atoms with E-state index in [4.69, 9.17) is 0 Å². The molecular formula is C26H28F6O. The lowest BCUT2D eigenvalue weighted by atomic mass is 9.78. The molecule has 2 aromatic rings. The standard InChI is InChI=1S/C26H28F6O/c1-2-3-18-6-12-21(13-7-18)22-14-8-19(9-15-22)4-5-20-10-16-23(17-11-20)33-26(31,32)24(27)25(28,29)30/h4-7,10-13,16-17,19,22,24H,2-3,8-9,14-15H2,1H3. The molecule has 0 aliphatic heterocycles. The van der Waals surface area contributed by atoms with Crippen molar-refractivity contribution in [2.45, 2.75) is 69.8 Å². The van der Waals surface area contributed by atoms with Crippen LogP contribution in [-0.2, 0) is 6.42 Å². The Hall–Kier alpha value is -2.44. The summed E-state index contributed by atoms with van der Waals surface area (Å²) in [7, 11) is 0. The number of hydrogen-bond acceptors (Lipinski definition) is 1. The predicted molar refractivity (Wildman–Crippen MR) is 117 cm³/mol. The molecule has 33 heavy (non-hydrogen) atoms. The summed E-state index contributed by atoms with van der Waals surface area (Å²) < 4.78 is 80.3. The maximum Gasteiger partial charge on any atom is 0.439 e. The fourth-order valence-electron chi connectivity index (χ4n) is 4.18. The highest BCUT2D eigenvalue weighted by Crippen LogP contribution is 2.38. The number of halogens is 6. The summed E-state index contributed by atoms with van der Waals surface area (Å²) in [5, 5.41) is 0. The second-order valence-electron chi connectivity index (χ2n) is 8.60. The van der Waals surface area contributed by atoms with Crippen LogP contribution in [0.2, 0.25) is 0 Å². The highest BCUT2D eigenvalue weighted by atomic mass is 19.4. The summed E-state index contributed by atoms with van der Waals surface area (Å²) >= 11 is 0. The van der Waals surface area contributed by atoms with E-state index < -0.39 is 24.2 Å². The lowest BCUT2D eigenvalue weighted by Gasteiger charge is -2.27. The number of alkyl halides is 6. The molecule has 1 unspecified atom stereocenters. The SMILES string of the molecule is CCCc1ccc(C2CCC(C=Cc3ccc(OC(F)(F)C(F)C(F)(F)F)cc3)CC2)cc1. The van der Waals surface area contributed by atoms with Crippen molar-refractivity contribution < 1.29 is 31.1 Å².